The van der Waals surface area contributed by atoms with Crippen LogP contribution in [-0.2, 0) is 15.8 Å². The first-order valence-corrected chi connectivity index (χ1v) is 5.81. The summed E-state index contributed by atoms with van der Waals surface area (Å²) in [7, 11) is 0. The van der Waals surface area contributed by atoms with Gasteiger partial charge in [0.2, 0.25) is 5.91 Å². The van der Waals surface area contributed by atoms with E-state index in [1.54, 1.807) is 6.07 Å². The van der Waals surface area contributed by atoms with E-state index < -0.39 is 29.3 Å². The van der Waals surface area contributed by atoms with E-state index in [1.165, 1.54) is 6.08 Å². The molecule has 0 fully saturated rings. The average molecular weight is 296 g/mol. The highest BCUT2D eigenvalue weighted by molar-refractivity contribution is 6.09. The van der Waals surface area contributed by atoms with Crippen LogP contribution in [0.15, 0.2) is 36.9 Å². The average Bonchev–Trinajstić information content (AvgIpc) is 2.39. The van der Waals surface area contributed by atoms with Gasteiger partial charge in [-0.25, -0.2) is 0 Å². The number of carbonyl (C=O) groups is 2. The summed E-state index contributed by atoms with van der Waals surface area (Å²) in [6.07, 6.45) is -3.35. The number of nitrogens with one attached hydrogen (secondary N) is 1. The molecule has 0 aliphatic carbocycles. The van der Waals surface area contributed by atoms with Gasteiger partial charge in [0.15, 0.2) is 11.7 Å². The number of anilines is 1. The van der Waals surface area contributed by atoms with Crippen molar-refractivity contribution in [2.45, 2.75) is 12.6 Å². The summed E-state index contributed by atoms with van der Waals surface area (Å²) < 4.78 is 37.1. The maximum absolute atomic E-state index is 12.4. The molecule has 110 valence electrons. The molecular weight excluding hydrogens is 285 g/mol. The molecule has 0 spiro atoms. The van der Waals surface area contributed by atoms with Gasteiger partial charge in [-0.15, -0.1) is 6.58 Å². The molecule has 1 aromatic rings. The molecule has 21 heavy (non-hydrogen) atoms. The van der Waals surface area contributed by atoms with E-state index >= 15 is 0 Å². The number of alkyl halides is 3. The summed E-state index contributed by atoms with van der Waals surface area (Å²) in [5, 5.41) is 11.0. The minimum atomic E-state index is -4.47. The van der Waals surface area contributed by atoms with Crippen molar-refractivity contribution in [1.29, 1.82) is 5.26 Å². The van der Waals surface area contributed by atoms with E-state index in [-0.39, 0.29) is 12.1 Å². The number of ketones is 1. The van der Waals surface area contributed by atoms with Gasteiger partial charge in [-0.3, -0.25) is 9.59 Å². The molecule has 4 nitrogen and oxygen atoms in total. The SMILES string of the molecule is C=CCC(=O)C(C#N)C(=O)Nc1ccc(C(F)(F)F)cc1. The second-order valence-corrected chi connectivity index (χ2v) is 4.09. The summed E-state index contributed by atoms with van der Waals surface area (Å²) in [5.41, 5.74) is -0.792. The number of nitrogens with zero attached hydrogens (tertiary/aromatic N) is 1. The standard InChI is InChI=1S/C14H11F3N2O2/c1-2-3-12(20)11(8-18)13(21)19-10-6-4-9(5-7-10)14(15,16)17/h2,4-7,11H,1,3H2,(H,19,21). The van der Waals surface area contributed by atoms with Gasteiger partial charge in [0, 0.05) is 12.1 Å². The molecule has 1 amide bonds. The fourth-order valence-electron chi connectivity index (χ4n) is 1.49. The van der Waals surface area contributed by atoms with Crippen LogP contribution in [0.1, 0.15) is 12.0 Å². The van der Waals surface area contributed by atoms with Crippen LogP contribution in [0.4, 0.5) is 18.9 Å². The number of benzene rings is 1. The third-order valence-electron chi connectivity index (χ3n) is 2.54. The number of rotatable bonds is 5. The van der Waals surface area contributed by atoms with E-state index in [9.17, 15) is 22.8 Å². The number of amides is 1. The third-order valence-corrected chi connectivity index (χ3v) is 2.54. The number of allylic oxidation sites excluding steroid dienone is 1. The number of nitriles is 1. The molecule has 1 N–H and O–H groups in total. The lowest BCUT2D eigenvalue weighted by molar-refractivity contribution is -0.137. The van der Waals surface area contributed by atoms with E-state index in [4.69, 9.17) is 5.26 Å². The van der Waals surface area contributed by atoms with Crippen molar-refractivity contribution in [3.63, 3.8) is 0 Å². The maximum atomic E-state index is 12.4. The smallest absolute Gasteiger partial charge is 0.325 e. The van der Waals surface area contributed by atoms with Crippen molar-refractivity contribution in [2.24, 2.45) is 5.92 Å². The first-order valence-electron chi connectivity index (χ1n) is 5.81. The van der Waals surface area contributed by atoms with Crippen LogP contribution in [-0.4, -0.2) is 11.7 Å². The number of hydrogen-bond donors (Lipinski definition) is 1. The molecule has 0 saturated heterocycles. The largest absolute Gasteiger partial charge is 0.416 e. The van der Waals surface area contributed by atoms with Gasteiger partial charge in [-0.05, 0) is 24.3 Å². The van der Waals surface area contributed by atoms with Gasteiger partial charge in [-0.2, -0.15) is 18.4 Å². The first-order chi connectivity index (χ1) is 9.79. The molecule has 0 saturated carbocycles. The Labute approximate surface area is 118 Å². The van der Waals surface area contributed by atoms with Gasteiger partial charge in [-0.1, -0.05) is 6.08 Å². The third kappa shape index (κ3) is 4.45. The van der Waals surface area contributed by atoms with Crippen LogP contribution in [0.3, 0.4) is 0 Å². The highest BCUT2D eigenvalue weighted by atomic mass is 19.4. The molecule has 0 aromatic heterocycles. The topological polar surface area (TPSA) is 70.0 Å². The van der Waals surface area contributed by atoms with Crippen molar-refractivity contribution < 1.29 is 22.8 Å². The zero-order chi connectivity index (χ0) is 16.0. The van der Waals surface area contributed by atoms with Gasteiger partial charge >= 0.3 is 6.18 Å². The van der Waals surface area contributed by atoms with Crippen molar-refractivity contribution in [3.8, 4) is 6.07 Å². The molecule has 1 aromatic carbocycles. The lowest BCUT2D eigenvalue weighted by Gasteiger charge is -2.10. The minimum absolute atomic E-state index is 0.0691. The Balaban J connectivity index is 2.81. The molecule has 1 atom stereocenters. The molecule has 1 rings (SSSR count). The molecule has 0 bridgehead atoms. The van der Waals surface area contributed by atoms with Gasteiger partial charge in [0.1, 0.15) is 0 Å². The van der Waals surface area contributed by atoms with Crippen molar-refractivity contribution in [1.82, 2.24) is 0 Å². The molecule has 0 heterocycles. The highest BCUT2D eigenvalue weighted by Crippen LogP contribution is 2.29. The number of halogens is 3. The summed E-state index contributed by atoms with van der Waals surface area (Å²) in [5.74, 6) is -3.04. The fraction of sp³-hybridized carbons (Fsp3) is 0.214. The lowest BCUT2D eigenvalue weighted by atomic mass is 10.0. The van der Waals surface area contributed by atoms with Gasteiger partial charge in [0.25, 0.3) is 0 Å². The van der Waals surface area contributed by atoms with Gasteiger partial charge < -0.3 is 5.32 Å². The Morgan fingerprint density at radius 3 is 2.33 bits per heavy atom. The van der Waals surface area contributed by atoms with Crippen molar-refractivity contribution in [2.75, 3.05) is 5.32 Å². The Hall–Kier alpha value is -2.62. The van der Waals surface area contributed by atoms with Crippen molar-refractivity contribution >= 4 is 17.4 Å². The predicted molar refractivity (Wildman–Crippen MR) is 69.0 cm³/mol. The van der Waals surface area contributed by atoms with E-state index in [2.05, 4.69) is 11.9 Å². The van der Waals surface area contributed by atoms with Gasteiger partial charge in [0.05, 0.1) is 11.6 Å². The molecular formula is C14H11F3N2O2. The van der Waals surface area contributed by atoms with Crippen LogP contribution >= 0.6 is 0 Å². The summed E-state index contributed by atoms with van der Waals surface area (Å²) in [6.45, 7) is 3.32. The Bertz CT molecular complexity index is 586. The highest BCUT2D eigenvalue weighted by Gasteiger charge is 2.30. The van der Waals surface area contributed by atoms with E-state index in [0.717, 1.165) is 24.3 Å². The quantitative estimate of drug-likeness (QED) is 0.671. The second-order valence-electron chi connectivity index (χ2n) is 4.09. The molecule has 7 heteroatoms. The zero-order valence-corrected chi connectivity index (χ0v) is 10.8. The normalized spacial score (nSPS) is 12.1. The zero-order valence-electron chi connectivity index (χ0n) is 10.8. The van der Waals surface area contributed by atoms with Crippen LogP contribution < -0.4 is 5.32 Å². The summed E-state index contributed by atoms with van der Waals surface area (Å²) >= 11 is 0. The lowest BCUT2D eigenvalue weighted by Crippen LogP contribution is -2.28. The Kier molecular flexibility index (Phi) is 5.24. The van der Waals surface area contributed by atoms with Crippen LogP contribution in [0.25, 0.3) is 0 Å². The monoisotopic (exact) mass is 296 g/mol. The minimum Gasteiger partial charge on any atom is -0.325 e. The van der Waals surface area contributed by atoms with Crippen molar-refractivity contribution in [3.05, 3.63) is 42.5 Å². The first kappa shape index (κ1) is 16.4. The van der Waals surface area contributed by atoms with E-state index in [1.807, 2.05) is 0 Å². The number of carbonyl (C=O) groups excluding carboxylic acids is 2. The Morgan fingerprint density at radius 2 is 1.90 bits per heavy atom. The summed E-state index contributed by atoms with van der Waals surface area (Å²) in [4.78, 5) is 23.2. The van der Waals surface area contributed by atoms with Crippen LogP contribution in [0.5, 0.6) is 0 Å². The van der Waals surface area contributed by atoms with E-state index in [0.29, 0.717) is 0 Å². The molecule has 0 aliphatic heterocycles. The number of Topliss-reactive ketones (excluding diaryl/α,β-unsaturated/α-hetero) is 1. The fourth-order valence-corrected chi connectivity index (χ4v) is 1.49. The maximum Gasteiger partial charge on any atom is 0.416 e. The van der Waals surface area contributed by atoms with Crippen LogP contribution in [0.2, 0.25) is 0 Å². The summed E-state index contributed by atoms with van der Waals surface area (Å²) in [6, 6.07) is 5.24. The molecule has 1 unspecified atom stereocenters. The second kappa shape index (κ2) is 6.70. The number of hydrogen-bond acceptors (Lipinski definition) is 3. The molecule has 0 radical (unpaired) electrons. The van der Waals surface area contributed by atoms with Crippen LogP contribution in [0, 0.1) is 17.2 Å². The predicted octanol–water partition coefficient (Wildman–Crippen LogP) is 2.93. The molecule has 0 aliphatic rings. The Morgan fingerprint density at radius 1 is 1.33 bits per heavy atom.